The second-order valence-corrected chi connectivity index (χ2v) is 6.59. The lowest BCUT2D eigenvalue weighted by Crippen LogP contribution is -2.31. The molecule has 0 atom stereocenters. The first-order valence-corrected chi connectivity index (χ1v) is 8.80. The van der Waals surface area contributed by atoms with Crippen molar-refractivity contribution in [2.24, 2.45) is 0 Å². The second-order valence-electron chi connectivity index (χ2n) is 6.59. The van der Waals surface area contributed by atoms with E-state index in [1.165, 1.54) is 0 Å². The molecule has 1 aliphatic heterocycles. The summed E-state index contributed by atoms with van der Waals surface area (Å²) in [5, 5.41) is 0. The van der Waals surface area contributed by atoms with Gasteiger partial charge in [0.2, 0.25) is 5.91 Å². The van der Waals surface area contributed by atoms with E-state index in [0.717, 1.165) is 35.5 Å². The van der Waals surface area contributed by atoms with Gasteiger partial charge in [0.25, 0.3) is 5.91 Å². The first kappa shape index (κ1) is 17.2. The van der Waals surface area contributed by atoms with Crippen LogP contribution in [0.4, 0.5) is 11.4 Å². The number of anilines is 2. The van der Waals surface area contributed by atoms with Crippen LogP contribution in [0.2, 0.25) is 0 Å². The molecule has 3 rings (SSSR count). The summed E-state index contributed by atoms with van der Waals surface area (Å²) >= 11 is 0. The molecule has 0 N–H and O–H groups in total. The highest BCUT2D eigenvalue weighted by Gasteiger charge is 2.22. The number of hydrogen-bond donors (Lipinski definition) is 0. The molecule has 1 aliphatic rings. The molecule has 4 heteroatoms. The third-order valence-corrected chi connectivity index (χ3v) is 4.58. The van der Waals surface area contributed by atoms with E-state index in [1.54, 1.807) is 9.80 Å². The summed E-state index contributed by atoms with van der Waals surface area (Å²) in [5.41, 5.74) is 4.71. The molecule has 0 bridgehead atoms. The number of benzene rings is 2. The molecule has 0 saturated carbocycles. The van der Waals surface area contributed by atoms with Gasteiger partial charge in [0, 0.05) is 36.4 Å². The lowest BCUT2D eigenvalue weighted by molar-refractivity contribution is -0.117. The molecule has 2 aromatic rings. The quantitative estimate of drug-likeness (QED) is 0.843. The number of aryl methyl sites for hydroxylation is 2. The monoisotopic (exact) mass is 336 g/mol. The van der Waals surface area contributed by atoms with E-state index in [1.807, 2.05) is 57.2 Å². The summed E-state index contributed by atoms with van der Waals surface area (Å²) in [4.78, 5) is 28.4. The Morgan fingerprint density at radius 1 is 1.08 bits per heavy atom. The van der Waals surface area contributed by atoms with Gasteiger partial charge in [-0.1, -0.05) is 6.07 Å². The molecule has 1 fully saturated rings. The second kappa shape index (κ2) is 7.09. The topological polar surface area (TPSA) is 40.6 Å². The smallest absolute Gasteiger partial charge is 0.258 e. The maximum atomic E-state index is 12.9. The van der Waals surface area contributed by atoms with Crippen molar-refractivity contribution in [1.82, 2.24) is 0 Å². The zero-order chi connectivity index (χ0) is 18.0. The Morgan fingerprint density at radius 3 is 2.24 bits per heavy atom. The highest BCUT2D eigenvalue weighted by Crippen LogP contribution is 2.24. The fraction of sp³-hybridized carbons (Fsp3) is 0.333. The average molecular weight is 336 g/mol. The Kier molecular flexibility index (Phi) is 4.88. The summed E-state index contributed by atoms with van der Waals surface area (Å²) in [6, 6.07) is 13.5. The standard InChI is InChI=1S/C21H24N2O2/c1-4-22(19-13-15(2)12-16(3)14-19)21(25)17-7-9-18(10-8-17)23-11-5-6-20(23)24/h7-10,12-14H,4-6,11H2,1-3H3. The van der Waals surface area contributed by atoms with Crippen LogP contribution >= 0.6 is 0 Å². The van der Waals surface area contributed by atoms with Crippen molar-refractivity contribution in [3.8, 4) is 0 Å². The minimum Gasteiger partial charge on any atom is -0.312 e. The first-order chi connectivity index (χ1) is 12.0. The van der Waals surface area contributed by atoms with Crippen molar-refractivity contribution < 1.29 is 9.59 Å². The van der Waals surface area contributed by atoms with E-state index in [4.69, 9.17) is 0 Å². The van der Waals surface area contributed by atoms with Crippen LogP contribution in [-0.4, -0.2) is 24.9 Å². The van der Waals surface area contributed by atoms with Gasteiger partial charge >= 0.3 is 0 Å². The number of amides is 2. The molecule has 1 heterocycles. The molecule has 0 radical (unpaired) electrons. The fourth-order valence-electron chi connectivity index (χ4n) is 3.41. The van der Waals surface area contributed by atoms with Gasteiger partial charge in [0.05, 0.1) is 0 Å². The molecular weight excluding hydrogens is 312 g/mol. The number of rotatable bonds is 4. The summed E-state index contributed by atoms with van der Waals surface area (Å²) in [6.07, 6.45) is 1.51. The van der Waals surface area contributed by atoms with Crippen LogP contribution in [-0.2, 0) is 4.79 Å². The zero-order valence-electron chi connectivity index (χ0n) is 15.1. The third kappa shape index (κ3) is 3.58. The van der Waals surface area contributed by atoms with Gasteiger partial charge in [0.15, 0.2) is 0 Å². The molecule has 25 heavy (non-hydrogen) atoms. The lowest BCUT2D eigenvalue weighted by Gasteiger charge is -2.23. The SMILES string of the molecule is CCN(C(=O)c1ccc(N2CCCC2=O)cc1)c1cc(C)cc(C)c1. The Hall–Kier alpha value is -2.62. The van der Waals surface area contributed by atoms with Gasteiger partial charge in [-0.05, 0) is 74.7 Å². The van der Waals surface area contributed by atoms with Crippen molar-refractivity contribution in [1.29, 1.82) is 0 Å². The van der Waals surface area contributed by atoms with E-state index in [9.17, 15) is 9.59 Å². The van der Waals surface area contributed by atoms with Crippen molar-refractivity contribution in [3.63, 3.8) is 0 Å². The van der Waals surface area contributed by atoms with Gasteiger partial charge < -0.3 is 9.80 Å². The van der Waals surface area contributed by atoms with Crippen LogP contribution in [0.15, 0.2) is 42.5 Å². The summed E-state index contributed by atoms with van der Waals surface area (Å²) in [5.74, 6) is 0.135. The molecule has 1 saturated heterocycles. The predicted octanol–water partition coefficient (Wildman–Crippen LogP) is 4.10. The number of carbonyl (C=O) groups excluding carboxylic acids is 2. The summed E-state index contributed by atoms with van der Waals surface area (Å²) < 4.78 is 0. The lowest BCUT2D eigenvalue weighted by atomic mass is 10.1. The Bertz CT molecular complexity index is 776. The van der Waals surface area contributed by atoms with Crippen molar-refractivity contribution in [2.45, 2.75) is 33.6 Å². The number of nitrogens with zero attached hydrogens (tertiary/aromatic N) is 2. The normalized spacial score (nSPS) is 14.0. The molecule has 0 aromatic heterocycles. The van der Waals surface area contributed by atoms with Crippen LogP contribution in [0.5, 0.6) is 0 Å². The predicted molar refractivity (Wildman–Crippen MR) is 101 cm³/mol. The molecule has 130 valence electrons. The number of hydrogen-bond acceptors (Lipinski definition) is 2. The summed E-state index contributed by atoms with van der Waals surface area (Å²) in [6.45, 7) is 7.42. The minimum absolute atomic E-state index is 0.0215. The molecule has 4 nitrogen and oxygen atoms in total. The van der Waals surface area contributed by atoms with Gasteiger partial charge in [0.1, 0.15) is 0 Å². The van der Waals surface area contributed by atoms with E-state index >= 15 is 0 Å². The molecular formula is C21H24N2O2. The molecule has 0 spiro atoms. The minimum atomic E-state index is -0.0215. The van der Waals surface area contributed by atoms with Gasteiger partial charge in [-0.3, -0.25) is 9.59 Å². The molecule has 0 aliphatic carbocycles. The Balaban J connectivity index is 1.84. The highest BCUT2D eigenvalue weighted by molar-refractivity contribution is 6.06. The molecule has 2 aromatic carbocycles. The van der Waals surface area contributed by atoms with Crippen LogP contribution in [0.1, 0.15) is 41.3 Å². The van der Waals surface area contributed by atoms with E-state index in [0.29, 0.717) is 18.5 Å². The largest absolute Gasteiger partial charge is 0.312 e. The molecule has 0 unspecified atom stereocenters. The first-order valence-electron chi connectivity index (χ1n) is 8.80. The van der Waals surface area contributed by atoms with Crippen LogP contribution < -0.4 is 9.80 Å². The average Bonchev–Trinajstić information content (AvgIpc) is 3.01. The number of carbonyl (C=O) groups is 2. The third-order valence-electron chi connectivity index (χ3n) is 4.58. The van der Waals surface area contributed by atoms with Crippen molar-refractivity contribution in [3.05, 3.63) is 59.2 Å². The van der Waals surface area contributed by atoms with Gasteiger partial charge in [-0.25, -0.2) is 0 Å². The van der Waals surface area contributed by atoms with E-state index < -0.39 is 0 Å². The Morgan fingerprint density at radius 2 is 1.72 bits per heavy atom. The zero-order valence-corrected chi connectivity index (χ0v) is 15.1. The van der Waals surface area contributed by atoms with Crippen molar-refractivity contribution >= 4 is 23.2 Å². The van der Waals surface area contributed by atoms with Crippen LogP contribution in [0.25, 0.3) is 0 Å². The van der Waals surface area contributed by atoms with E-state index in [-0.39, 0.29) is 11.8 Å². The summed E-state index contributed by atoms with van der Waals surface area (Å²) in [7, 11) is 0. The molecule has 2 amide bonds. The van der Waals surface area contributed by atoms with Crippen LogP contribution in [0.3, 0.4) is 0 Å². The van der Waals surface area contributed by atoms with Gasteiger partial charge in [-0.15, -0.1) is 0 Å². The van der Waals surface area contributed by atoms with Gasteiger partial charge in [-0.2, -0.15) is 0 Å². The highest BCUT2D eigenvalue weighted by atomic mass is 16.2. The van der Waals surface area contributed by atoms with E-state index in [2.05, 4.69) is 6.07 Å². The fourth-order valence-corrected chi connectivity index (χ4v) is 3.41. The maximum Gasteiger partial charge on any atom is 0.258 e. The van der Waals surface area contributed by atoms with Crippen LogP contribution in [0, 0.1) is 13.8 Å². The maximum absolute atomic E-state index is 12.9. The van der Waals surface area contributed by atoms with Crippen molar-refractivity contribution in [2.75, 3.05) is 22.9 Å². The Labute approximate surface area is 149 Å².